The zero-order chi connectivity index (χ0) is 12.5. The van der Waals surface area contributed by atoms with Gasteiger partial charge >= 0.3 is 0 Å². The fraction of sp³-hybridized carbons (Fsp3) is 0.400. The third-order valence-electron chi connectivity index (χ3n) is 2.86. The van der Waals surface area contributed by atoms with Gasteiger partial charge in [-0.1, -0.05) is 23.8 Å². The molecule has 1 heterocycles. The molecule has 0 saturated heterocycles. The van der Waals surface area contributed by atoms with Gasteiger partial charge in [0.05, 0.1) is 0 Å². The van der Waals surface area contributed by atoms with E-state index in [0.717, 1.165) is 13.0 Å². The molecule has 0 saturated carbocycles. The molecule has 0 radical (unpaired) electrons. The lowest BCUT2D eigenvalue weighted by molar-refractivity contribution is 0.606. The summed E-state index contributed by atoms with van der Waals surface area (Å²) in [6.45, 7) is 7.31. The second kappa shape index (κ2) is 7.80. The number of pyridine rings is 1. The van der Waals surface area contributed by atoms with Crippen molar-refractivity contribution in [3.63, 3.8) is 0 Å². The van der Waals surface area contributed by atoms with E-state index in [1.54, 1.807) is 0 Å². The molecule has 1 aromatic heterocycles. The van der Waals surface area contributed by atoms with Gasteiger partial charge in [0, 0.05) is 25.0 Å². The highest BCUT2D eigenvalue weighted by Crippen LogP contribution is 2.04. The largest absolute Gasteiger partial charge is 0.306 e. The molecule has 1 atom stereocenters. The van der Waals surface area contributed by atoms with Gasteiger partial charge in [-0.25, -0.2) is 0 Å². The van der Waals surface area contributed by atoms with Crippen LogP contribution in [0.3, 0.4) is 0 Å². The molecule has 17 heavy (non-hydrogen) atoms. The van der Waals surface area contributed by atoms with Crippen molar-refractivity contribution in [1.29, 1.82) is 0 Å². The van der Waals surface area contributed by atoms with E-state index in [-0.39, 0.29) is 0 Å². The molecule has 0 aliphatic carbocycles. The molecular formula is C15H22N2. The van der Waals surface area contributed by atoms with Crippen molar-refractivity contribution in [2.45, 2.75) is 39.8 Å². The predicted octanol–water partition coefficient (Wildman–Crippen LogP) is 3.47. The molecule has 0 fully saturated rings. The van der Waals surface area contributed by atoms with Crippen molar-refractivity contribution in [3.8, 4) is 0 Å². The smallest absolute Gasteiger partial charge is 0.0271 e. The first-order valence-electron chi connectivity index (χ1n) is 6.14. The molecule has 2 nitrogen and oxygen atoms in total. The van der Waals surface area contributed by atoms with Crippen LogP contribution in [0, 0.1) is 0 Å². The number of hydrogen-bond acceptors (Lipinski definition) is 2. The average molecular weight is 230 g/mol. The fourth-order valence-corrected chi connectivity index (χ4v) is 1.50. The lowest BCUT2D eigenvalue weighted by Gasteiger charge is -2.14. The van der Waals surface area contributed by atoms with E-state index in [4.69, 9.17) is 0 Å². The number of nitrogens with zero attached hydrogens (tertiary/aromatic N) is 1. The van der Waals surface area contributed by atoms with Gasteiger partial charge in [-0.3, -0.25) is 4.98 Å². The molecule has 0 spiro atoms. The average Bonchev–Trinajstić information content (AvgIpc) is 2.37. The first-order valence-corrected chi connectivity index (χ1v) is 6.14. The molecule has 0 aliphatic rings. The number of nitrogens with one attached hydrogen (secondary N) is 1. The van der Waals surface area contributed by atoms with Gasteiger partial charge in [0.1, 0.15) is 0 Å². The second-order valence-corrected chi connectivity index (χ2v) is 4.21. The highest BCUT2D eigenvalue weighted by atomic mass is 14.9. The van der Waals surface area contributed by atoms with Gasteiger partial charge in [0.25, 0.3) is 0 Å². The summed E-state index contributed by atoms with van der Waals surface area (Å²) in [4.78, 5) is 4.01. The molecule has 1 N–H and O–H groups in total. The highest BCUT2D eigenvalue weighted by Gasteiger charge is 2.02. The Morgan fingerprint density at radius 3 is 2.76 bits per heavy atom. The lowest BCUT2D eigenvalue weighted by Crippen LogP contribution is -2.26. The summed E-state index contributed by atoms with van der Waals surface area (Å²) in [6.07, 6.45) is 11.2. The first kappa shape index (κ1) is 13.7. The van der Waals surface area contributed by atoms with Crippen LogP contribution in [0.5, 0.6) is 0 Å². The summed E-state index contributed by atoms with van der Waals surface area (Å²) < 4.78 is 0. The first-order chi connectivity index (χ1) is 8.24. The van der Waals surface area contributed by atoms with E-state index in [9.17, 15) is 0 Å². The van der Waals surface area contributed by atoms with E-state index in [2.05, 4.69) is 42.4 Å². The predicted molar refractivity (Wildman–Crippen MR) is 73.7 cm³/mol. The molecular weight excluding hydrogens is 208 g/mol. The standard InChI is InChI=1S/C15H22N2/c1-4-5-6-7-13(2)14(3)17-12-15-8-10-16-11-9-15/h4-5,7-11,14,17H,6,12H2,1-3H3/b5-4-,13-7-. The fourth-order valence-electron chi connectivity index (χ4n) is 1.50. The molecule has 1 aromatic rings. The third kappa shape index (κ3) is 5.45. The third-order valence-corrected chi connectivity index (χ3v) is 2.86. The Hall–Kier alpha value is -1.41. The van der Waals surface area contributed by atoms with Gasteiger partial charge in [0.2, 0.25) is 0 Å². The summed E-state index contributed by atoms with van der Waals surface area (Å²) in [5.74, 6) is 0. The number of aromatic nitrogens is 1. The Kier molecular flexibility index (Phi) is 6.26. The van der Waals surface area contributed by atoms with Crippen LogP contribution >= 0.6 is 0 Å². The maximum absolute atomic E-state index is 4.01. The molecule has 92 valence electrons. The zero-order valence-electron chi connectivity index (χ0n) is 11.0. The zero-order valence-corrected chi connectivity index (χ0v) is 11.0. The van der Waals surface area contributed by atoms with Gasteiger partial charge in [-0.15, -0.1) is 0 Å². The Bertz CT molecular complexity index is 366. The van der Waals surface area contributed by atoms with Crippen LogP contribution in [0.2, 0.25) is 0 Å². The van der Waals surface area contributed by atoms with Crippen LogP contribution < -0.4 is 5.32 Å². The van der Waals surface area contributed by atoms with Gasteiger partial charge < -0.3 is 5.32 Å². The molecule has 0 bridgehead atoms. The van der Waals surface area contributed by atoms with Gasteiger partial charge in [0.15, 0.2) is 0 Å². The van der Waals surface area contributed by atoms with Crippen molar-refractivity contribution >= 4 is 0 Å². The highest BCUT2D eigenvalue weighted by molar-refractivity contribution is 5.12. The number of allylic oxidation sites excluding steroid dienone is 3. The Morgan fingerprint density at radius 2 is 2.12 bits per heavy atom. The minimum atomic E-state index is 0.411. The lowest BCUT2D eigenvalue weighted by atomic mass is 10.1. The van der Waals surface area contributed by atoms with E-state index in [1.807, 2.05) is 31.5 Å². The van der Waals surface area contributed by atoms with Crippen molar-refractivity contribution in [2.24, 2.45) is 0 Å². The minimum Gasteiger partial charge on any atom is -0.306 e. The van der Waals surface area contributed by atoms with Crippen LogP contribution in [-0.2, 0) is 6.54 Å². The van der Waals surface area contributed by atoms with Crippen LogP contribution in [0.4, 0.5) is 0 Å². The Balaban J connectivity index is 2.38. The molecule has 1 unspecified atom stereocenters. The number of hydrogen-bond donors (Lipinski definition) is 1. The molecule has 0 aromatic carbocycles. The van der Waals surface area contributed by atoms with Crippen LogP contribution in [0.1, 0.15) is 32.8 Å². The summed E-state index contributed by atoms with van der Waals surface area (Å²) in [5, 5.41) is 3.51. The molecule has 0 aliphatic heterocycles. The van der Waals surface area contributed by atoms with Crippen LogP contribution in [0.25, 0.3) is 0 Å². The van der Waals surface area contributed by atoms with Crippen molar-refractivity contribution in [1.82, 2.24) is 10.3 Å². The Morgan fingerprint density at radius 1 is 1.41 bits per heavy atom. The monoisotopic (exact) mass is 230 g/mol. The van der Waals surface area contributed by atoms with Gasteiger partial charge in [-0.2, -0.15) is 0 Å². The summed E-state index contributed by atoms with van der Waals surface area (Å²) in [6, 6.07) is 4.49. The van der Waals surface area contributed by atoms with E-state index < -0.39 is 0 Å². The summed E-state index contributed by atoms with van der Waals surface area (Å²) >= 11 is 0. The quantitative estimate of drug-likeness (QED) is 0.757. The van der Waals surface area contributed by atoms with Crippen molar-refractivity contribution in [3.05, 3.63) is 53.9 Å². The topological polar surface area (TPSA) is 24.9 Å². The summed E-state index contributed by atoms with van der Waals surface area (Å²) in [5.41, 5.74) is 2.66. The minimum absolute atomic E-state index is 0.411. The van der Waals surface area contributed by atoms with Gasteiger partial charge in [-0.05, 0) is 44.9 Å². The SMILES string of the molecule is C/C=C\C/C=C(/C)C(C)NCc1ccncc1. The van der Waals surface area contributed by atoms with Crippen LogP contribution in [-0.4, -0.2) is 11.0 Å². The number of rotatable bonds is 6. The van der Waals surface area contributed by atoms with Crippen LogP contribution in [0.15, 0.2) is 48.3 Å². The second-order valence-electron chi connectivity index (χ2n) is 4.21. The van der Waals surface area contributed by atoms with Crippen molar-refractivity contribution < 1.29 is 0 Å². The molecule has 0 amide bonds. The summed E-state index contributed by atoms with van der Waals surface area (Å²) in [7, 11) is 0. The normalized spacial score (nSPS) is 14.2. The van der Waals surface area contributed by atoms with Crippen molar-refractivity contribution in [2.75, 3.05) is 0 Å². The molecule has 1 rings (SSSR count). The van der Waals surface area contributed by atoms with E-state index >= 15 is 0 Å². The Labute approximate surface area is 104 Å². The van der Waals surface area contributed by atoms with E-state index in [1.165, 1.54) is 11.1 Å². The molecule has 2 heteroatoms. The maximum atomic E-state index is 4.01. The van der Waals surface area contributed by atoms with E-state index in [0.29, 0.717) is 6.04 Å². The maximum Gasteiger partial charge on any atom is 0.0271 e.